The molecule has 2 N–H and O–H groups in total. The monoisotopic (exact) mass is 395 g/mol. The summed E-state index contributed by atoms with van der Waals surface area (Å²) < 4.78 is 33.8. The van der Waals surface area contributed by atoms with Gasteiger partial charge >= 0.3 is 6.09 Å². The van der Waals surface area contributed by atoms with E-state index in [4.69, 9.17) is 14.6 Å². The second kappa shape index (κ2) is 8.15. The molecule has 1 aliphatic heterocycles. The SMILES string of the molecule is CC(C)(C)OC(=O)N1CCC(COc2cccc(CS(N)(=O)=O)c2C#N)C1. The average molecular weight is 395 g/mol. The fourth-order valence-corrected chi connectivity index (χ4v) is 3.50. The zero-order valence-electron chi connectivity index (χ0n) is 15.8. The molecule has 2 rings (SSSR count). The van der Waals surface area contributed by atoms with Gasteiger partial charge in [-0.3, -0.25) is 0 Å². The molecule has 8 nitrogen and oxygen atoms in total. The zero-order chi connectivity index (χ0) is 20.2. The predicted molar refractivity (Wildman–Crippen MR) is 99.4 cm³/mol. The van der Waals surface area contributed by atoms with Crippen molar-refractivity contribution in [1.82, 2.24) is 4.90 Å². The van der Waals surface area contributed by atoms with Crippen molar-refractivity contribution in [3.05, 3.63) is 29.3 Å². The average Bonchev–Trinajstić information content (AvgIpc) is 2.99. The highest BCUT2D eigenvalue weighted by Gasteiger charge is 2.30. The maximum atomic E-state index is 12.1. The van der Waals surface area contributed by atoms with Crippen molar-refractivity contribution in [2.24, 2.45) is 11.1 Å². The lowest BCUT2D eigenvalue weighted by Crippen LogP contribution is -2.35. The number of hydrogen-bond donors (Lipinski definition) is 1. The van der Waals surface area contributed by atoms with E-state index in [0.717, 1.165) is 6.42 Å². The standard InChI is InChI=1S/C18H25N3O5S/c1-18(2,3)26-17(22)21-8-7-13(10-21)11-25-16-6-4-5-14(15(16)9-19)12-27(20,23)24/h4-6,13H,7-8,10-12H2,1-3H3,(H2,20,23,24). The highest BCUT2D eigenvalue weighted by atomic mass is 32.2. The van der Waals surface area contributed by atoms with Crippen LogP contribution < -0.4 is 9.88 Å². The quantitative estimate of drug-likeness (QED) is 0.813. The van der Waals surface area contributed by atoms with Gasteiger partial charge < -0.3 is 14.4 Å². The maximum absolute atomic E-state index is 12.1. The van der Waals surface area contributed by atoms with Crippen molar-refractivity contribution in [2.45, 2.75) is 38.5 Å². The normalized spacial score (nSPS) is 17.4. The molecule has 1 aromatic rings. The van der Waals surface area contributed by atoms with E-state index >= 15 is 0 Å². The third-order valence-electron chi connectivity index (χ3n) is 3.99. The summed E-state index contributed by atoms with van der Waals surface area (Å²) in [4.78, 5) is 13.8. The summed E-state index contributed by atoms with van der Waals surface area (Å²) in [6.07, 6.45) is 0.413. The molecule has 1 atom stereocenters. The smallest absolute Gasteiger partial charge is 0.410 e. The zero-order valence-corrected chi connectivity index (χ0v) is 16.6. The van der Waals surface area contributed by atoms with Gasteiger partial charge in [-0.25, -0.2) is 18.4 Å². The van der Waals surface area contributed by atoms with E-state index in [2.05, 4.69) is 0 Å². The third kappa shape index (κ3) is 6.41. The number of amides is 1. The Morgan fingerprint density at radius 2 is 2.11 bits per heavy atom. The predicted octanol–water partition coefficient (Wildman–Crippen LogP) is 1.98. The van der Waals surface area contributed by atoms with Crippen LogP contribution in [0.25, 0.3) is 0 Å². The summed E-state index contributed by atoms with van der Waals surface area (Å²) in [6.45, 7) is 6.86. The Morgan fingerprint density at radius 1 is 1.41 bits per heavy atom. The van der Waals surface area contributed by atoms with E-state index in [1.165, 1.54) is 6.07 Å². The van der Waals surface area contributed by atoms with Crippen molar-refractivity contribution < 1.29 is 22.7 Å². The summed E-state index contributed by atoms with van der Waals surface area (Å²) in [5.74, 6) is -0.0107. The summed E-state index contributed by atoms with van der Waals surface area (Å²) in [5, 5.41) is 14.5. The van der Waals surface area contributed by atoms with Crippen LogP contribution in [-0.2, 0) is 20.5 Å². The molecule has 1 fully saturated rings. The van der Waals surface area contributed by atoms with Gasteiger partial charge in [-0.2, -0.15) is 5.26 Å². The Morgan fingerprint density at radius 3 is 2.70 bits per heavy atom. The minimum Gasteiger partial charge on any atom is -0.492 e. The van der Waals surface area contributed by atoms with Gasteiger partial charge in [0, 0.05) is 19.0 Å². The second-order valence-corrected chi connectivity index (χ2v) is 9.22. The van der Waals surface area contributed by atoms with Crippen molar-refractivity contribution >= 4 is 16.1 Å². The number of likely N-dealkylation sites (tertiary alicyclic amines) is 1. The molecule has 0 radical (unpaired) electrons. The highest BCUT2D eigenvalue weighted by molar-refractivity contribution is 7.88. The number of nitriles is 1. The number of benzene rings is 1. The molecule has 1 unspecified atom stereocenters. The third-order valence-corrected chi connectivity index (χ3v) is 4.71. The number of ether oxygens (including phenoxy) is 2. The van der Waals surface area contributed by atoms with Crippen LogP contribution in [0.4, 0.5) is 4.79 Å². The van der Waals surface area contributed by atoms with E-state index in [1.807, 2.05) is 26.8 Å². The number of hydrogen-bond acceptors (Lipinski definition) is 6. The molecule has 1 aliphatic rings. The molecular formula is C18H25N3O5S. The lowest BCUT2D eigenvalue weighted by molar-refractivity contribution is 0.0284. The fraction of sp³-hybridized carbons (Fsp3) is 0.556. The maximum Gasteiger partial charge on any atom is 0.410 e. The number of primary sulfonamides is 1. The van der Waals surface area contributed by atoms with Gasteiger partial charge in [-0.1, -0.05) is 12.1 Å². The molecule has 27 heavy (non-hydrogen) atoms. The van der Waals surface area contributed by atoms with Gasteiger partial charge in [0.2, 0.25) is 10.0 Å². The Labute approximate surface area is 159 Å². The first-order chi connectivity index (χ1) is 12.5. The van der Waals surface area contributed by atoms with E-state index < -0.39 is 21.4 Å². The number of rotatable bonds is 5. The Balaban J connectivity index is 1.99. The van der Waals surface area contributed by atoms with E-state index in [9.17, 15) is 18.5 Å². The summed E-state index contributed by atoms with van der Waals surface area (Å²) in [5.41, 5.74) is -0.0789. The molecule has 1 saturated heterocycles. The summed E-state index contributed by atoms with van der Waals surface area (Å²) >= 11 is 0. The van der Waals surface area contributed by atoms with Crippen molar-refractivity contribution in [3.63, 3.8) is 0 Å². The molecule has 0 aliphatic carbocycles. The molecule has 1 aromatic carbocycles. The molecule has 148 valence electrons. The van der Waals surface area contributed by atoms with Crippen molar-refractivity contribution in [3.8, 4) is 11.8 Å². The molecule has 0 bridgehead atoms. The minimum atomic E-state index is -3.75. The van der Waals surface area contributed by atoms with Crippen LogP contribution in [-0.4, -0.2) is 44.7 Å². The van der Waals surface area contributed by atoms with Crippen LogP contribution in [0.1, 0.15) is 38.3 Å². The summed E-state index contributed by atoms with van der Waals surface area (Å²) in [7, 11) is -3.75. The van der Waals surface area contributed by atoms with Crippen LogP contribution in [0, 0.1) is 17.2 Å². The molecule has 9 heteroatoms. The van der Waals surface area contributed by atoms with E-state index in [-0.39, 0.29) is 17.6 Å². The van der Waals surface area contributed by atoms with Crippen molar-refractivity contribution in [1.29, 1.82) is 5.26 Å². The highest BCUT2D eigenvalue weighted by Crippen LogP contribution is 2.25. The Kier molecular flexibility index (Phi) is 6.34. The second-order valence-electron chi connectivity index (χ2n) is 7.60. The molecule has 0 aromatic heterocycles. The first kappa shape index (κ1) is 21.0. The molecule has 1 heterocycles. The topological polar surface area (TPSA) is 123 Å². The van der Waals surface area contributed by atoms with E-state index in [0.29, 0.717) is 31.0 Å². The van der Waals surface area contributed by atoms with Gasteiger partial charge in [-0.05, 0) is 38.8 Å². The Hall–Kier alpha value is -2.31. The minimum absolute atomic E-state index is 0.103. The van der Waals surface area contributed by atoms with Crippen LogP contribution in [0.3, 0.4) is 0 Å². The number of sulfonamides is 1. The number of carbonyl (C=O) groups excluding carboxylic acids is 1. The lowest BCUT2D eigenvalue weighted by Gasteiger charge is -2.24. The van der Waals surface area contributed by atoms with Crippen LogP contribution in [0.2, 0.25) is 0 Å². The molecular weight excluding hydrogens is 370 g/mol. The van der Waals surface area contributed by atoms with Crippen molar-refractivity contribution in [2.75, 3.05) is 19.7 Å². The fourth-order valence-electron chi connectivity index (χ4n) is 2.83. The molecule has 0 saturated carbocycles. The Bertz CT molecular complexity index is 840. The van der Waals surface area contributed by atoms with E-state index in [1.54, 1.807) is 17.0 Å². The van der Waals surface area contributed by atoms with Gasteiger partial charge in [0.1, 0.15) is 17.4 Å². The van der Waals surface area contributed by atoms with Gasteiger partial charge in [0.15, 0.2) is 0 Å². The molecule has 1 amide bonds. The number of carbonyl (C=O) groups is 1. The van der Waals surface area contributed by atoms with Gasteiger partial charge in [0.25, 0.3) is 0 Å². The number of nitrogens with zero attached hydrogens (tertiary/aromatic N) is 2. The first-order valence-electron chi connectivity index (χ1n) is 8.61. The number of nitrogens with two attached hydrogens (primary N) is 1. The van der Waals surface area contributed by atoms with Gasteiger partial charge in [-0.15, -0.1) is 0 Å². The van der Waals surface area contributed by atoms with Crippen LogP contribution in [0.5, 0.6) is 5.75 Å². The van der Waals surface area contributed by atoms with Crippen LogP contribution >= 0.6 is 0 Å². The van der Waals surface area contributed by atoms with Crippen LogP contribution in [0.15, 0.2) is 18.2 Å². The first-order valence-corrected chi connectivity index (χ1v) is 10.3. The lowest BCUT2D eigenvalue weighted by atomic mass is 10.1. The largest absolute Gasteiger partial charge is 0.492 e. The summed E-state index contributed by atoms with van der Waals surface area (Å²) in [6, 6.07) is 6.76. The van der Waals surface area contributed by atoms with Gasteiger partial charge in [0.05, 0.1) is 17.9 Å². The molecule has 0 spiro atoms.